The number of Topliss-reactive ketones (excluding diaryl/α,β-unsaturated/α-hetero) is 1. The summed E-state index contributed by atoms with van der Waals surface area (Å²) in [5, 5.41) is 23.5. The van der Waals surface area contributed by atoms with Crippen LogP contribution in [0.15, 0.2) is 35.9 Å². The molecule has 40 heavy (non-hydrogen) atoms. The Hall–Kier alpha value is -2.35. The van der Waals surface area contributed by atoms with E-state index in [4.69, 9.17) is 4.74 Å². The van der Waals surface area contributed by atoms with Gasteiger partial charge in [0.25, 0.3) is 0 Å². The quantitative estimate of drug-likeness (QED) is 0.459. The van der Waals surface area contributed by atoms with Crippen LogP contribution in [-0.4, -0.2) is 64.1 Å². The summed E-state index contributed by atoms with van der Waals surface area (Å²) in [6.45, 7) is 10.4. The molecule has 1 aromatic carbocycles. The molecule has 218 valence electrons. The third kappa shape index (κ3) is 4.68. The fourth-order valence-electron chi connectivity index (χ4n) is 8.99. The largest absolute Gasteiger partial charge is 0.454 e. The summed E-state index contributed by atoms with van der Waals surface area (Å²) in [6.07, 6.45) is 5.36. The maximum absolute atomic E-state index is 13.6. The smallest absolute Gasteiger partial charge is 0.338 e. The van der Waals surface area contributed by atoms with Crippen molar-refractivity contribution in [3.63, 3.8) is 0 Å². The number of hydrogen-bond donors (Lipinski definition) is 2. The Bertz CT molecular complexity index is 1210. The number of benzene rings is 1. The van der Waals surface area contributed by atoms with E-state index < -0.39 is 35.5 Å². The third-order valence-electron chi connectivity index (χ3n) is 11.3. The maximum Gasteiger partial charge on any atom is 0.338 e. The van der Waals surface area contributed by atoms with Crippen molar-refractivity contribution in [3.05, 3.63) is 47.0 Å². The number of nitrogens with zero attached hydrogens (tertiary/aromatic N) is 1. The Kier molecular flexibility index (Phi) is 7.88. The SMILES string of the molecule is CCN(CC)Cc1cccc(C(=O)OCC(=O)[C@@]2(O)CC[C@H]3[C@@H]4CCC5=CC(=O)CC[C@]5(C)[C@H]4[C@@H](O)C[C@@]32C)c1. The van der Waals surface area contributed by atoms with Gasteiger partial charge in [-0.05, 0) is 98.6 Å². The van der Waals surface area contributed by atoms with Crippen LogP contribution in [0.5, 0.6) is 0 Å². The molecular weight excluding hydrogens is 506 g/mol. The molecule has 1 aromatic rings. The van der Waals surface area contributed by atoms with Crippen LogP contribution in [0, 0.1) is 28.6 Å². The average Bonchev–Trinajstić information content (AvgIpc) is 3.21. The molecule has 0 unspecified atom stereocenters. The number of carbonyl (C=O) groups is 3. The van der Waals surface area contributed by atoms with Gasteiger partial charge < -0.3 is 14.9 Å². The minimum Gasteiger partial charge on any atom is -0.454 e. The van der Waals surface area contributed by atoms with Gasteiger partial charge in [0.1, 0.15) is 5.60 Å². The van der Waals surface area contributed by atoms with Crippen LogP contribution in [-0.2, 0) is 20.9 Å². The molecule has 0 saturated heterocycles. The molecule has 4 aliphatic rings. The highest BCUT2D eigenvalue weighted by Gasteiger charge is 2.68. The second-order valence-corrected chi connectivity index (χ2v) is 13.1. The highest BCUT2D eigenvalue weighted by molar-refractivity contribution is 5.94. The minimum absolute atomic E-state index is 0.0116. The van der Waals surface area contributed by atoms with E-state index in [1.165, 1.54) is 0 Å². The molecule has 0 radical (unpaired) electrons. The first-order chi connectivity index (χ1) is 19.0. The monoisotopic (exact) mass is 551 g/mol. The molecule has 5 rings (SSSR count). The highest BCUT2D eigenvalue weighted by Crippen LogP contribution is 2.67. The molecule has 3 saturated carbocycles. The molecule has 0 heterocycles. The number of hydrogen-bond acceptors (Lipinski definition) is 7. The van der Waals surface area contributed by atoms with E-state index in [1.54, 1.807) is 12.1 Å². The lowest BCUT2D eigenvalue weighted by Gasteiger charge is -2.60. The Morgan fingerprint density at radius 1 is 1.10 bits per heavy atom. The van der Waals surface area contributed by atoms with Gasteiger partial charge in [-0.1, -0.05) is 45.4 Å². The summed E-state index contributed by atoms with van der Waals surface area (Å²) in [7, 11) is 0. The lowest BCUT2D eigenvalue weighted by molar-refractivity contribution is -0.182. The lowest BCUT2D eigenvalue weighted by atomic mass is 9.45. The molecular formula is C33H45NO6. The Balaban J connectivity index is 1.29. The van der Waals surface area contributed by atoms with Gasteiger partial charge in [-0.3, -0.25) is 14.5 Å². The predicted octanol–water partition coefficient (Wildman–Crippen LogP) is 4.49. The summed E-state index contributed by atoms with van der Waals surface area (Å²) in [4.78, 5) is 40.9. The summed E-state index contributed by atoms with van der Waals surface area (Å²) in [5.41, 5.74) is -0.137. The summed E-state index contributed by atoms with van der Waals surface area (Å²) >= 11 is 0. The molecule has 7 heteroatoms. The minimum atomic E-state index is -1.66. The van der Waals surface area contributed by atoms with Crippen LogP contribution in [0.3, 0.4) is 0 Å². The first kappa shape index (κ1) is 29.2. The second-order valence-electron chi connectivity index (χ2n) is 13.1. The zero-order chi connectivity index (χ0) is 28.9. The number of ether oxygens (including phenoxy) is 1. The zero-order valence-electron chi connectivity index (χ0n) is 24.4. The maximum atomic E-state index is 13.6. The van der Waals surface area contributed by atoms with Crippen molar-refractivity contribution in [3.8, 4) is 0 Å². The molecule has 7 atom stereocenters. The summed E-state index contributed by atoms with van der Waals surface area (Å²) in [6, 6.07) is 7.28. The van der Waals surface area contributed by atoms with Gasteiger partial charge in [-0.15, -0.1) is 0 Å². The topological polar surface area (TPSA) is 104 Å². The number of ketones is 2. The van der Waals surface area contributed by atoms with Crippen molar-refractivity contribution < 1.29 is 29.3 Å². The normalized spacial score (nSPS) is 36.9. The fraction of sp³-hybridized carbons (Fsp3) is 0.667. The van der Waals surface area contributed by atoms with E-state index in [1.807, 2.05) is 25.1 Å². The lowest BCUT2D eigenvalue weighted by Crippen LogP contribution is -2.62. The van der Waals surface area contributed by atoms with E-state index in [0.29, 0.717) is 31.2 Å². The standard InChI is InChI=1S/C33H45NO6/c1-5-34(6-2)19-21-8-7-9-22(16-21)30(38)40-20-28(37)33(39)15-13-26-25-11-10-23-17-24(35)12-14-31(23,3)29(25)27(36)18-32(26,33)4/h7-9,16-17,25-27,29,36,39H,5-6,10-15,18-20H2,1-4H3/t25-,26-,27-,29+,31-,32-,33-/m0/s1. The predicted molar refractivity (Wildman–Crippen MR) is 151 cm³/mol. The van der Waals surface area contributed by atoms with Crippen molar-refractivity contribution in [1.82, 2.24) is 4.90 Å². The number of aliphatic hydroxyl groups excluding tert-OH is 1. The van der Waals surface area contributed by atoms with E-state index in [-0.39, 0.29) is 29.0 Å². The van der Waals surface area contributed by atoms with Crippen molar-refractivity contribution in [2.24, 2.45) is 28.6 Å². The van der Waals surface area contributed by atoms with Gasteiger partial charge in [0.15, 0.2) is 12.4 Å². The number of esters is 1. The van der Waals surface area contributed by atoms with Crippen molar-refractivity contribution >= 4 is 17.5 Å². The summed E-state index contributed by atoms with van der Waals surface area (Å²) in [5.74, 6) is -0.625. The van der Waals surface area contributed by atoms with Crippen LogP contribution in [0.2, 0.25) is 0 Å². The number of allylic oxidation sites excluding steroid dienone is 1. The van der Waals surface area contributed by atoms with Crippen LogP contribution >= 0.6 is 0 Å². The summed E-state index contributed by atoms with van der Waals surface area (Å²) < 4.78 is 5.47. The van der Waals surface area contributed by atoms with Crippen molar-refractivity contribution in [2.45, 2.75) is 90.9 Å². The van der Waals surface area contributed by atoms with Crippen molar-refractivity contribution in [1.29, 1.82) is 0 Å². The highest BCUT2D eigenvalue weighted by atomic mass is 16.5. The van der Waals surface area contributed by atoms with Crippen LogP contribution in [0.1, 0.15) is 88.6 Å². The first-order valence-corrected chi connectivity index (χ1v) is 15.1. The number of aliphatic hydroxyl groups is 2. The molecule has 0 aromatic heterocycles. The molecule has 0 aliphatic heterocycles. The third-order valence-corrected chi connectivity index (χ3v) is 11.3. The second kappa shape index (κ2) is 10.8. The molecule has 3 fully saturated rings. The molecule has 7 nitrogen and oxygen atoms in total. The van der Waals surface area contributed by atoms with Gasteiger partial charge >= 0.3 is 5.97 Å². The average molecular weight is 552 g/mol. The van der Waals surface area contributed by atoms with Gasteiger partial charge in [-0.25, -0.2) is 4.79 Å². The van der Waals surface area contributed by atoms with Crippen molar-refractivity contribution in [2.75, 3.05) is 19.7 Å². The fourth-order valence-corrected chi connectivity index (χ4v) is 8.99. The Morgan fingerprint density at radius 3 is 2.58 bits per heavy atom. The molecule has 2 N–H and O–H groups in total. The molecule has 0 spiro atoms. The van der Waals surface area contributed by atoms with Crippen LogP contribution in [0.25, 0.3) is 0 Å². The zero-order valence-corrected chi connectivity index (χ0v) is 24.4. The number of carbonyl (C=O) groups excluding carboxylic acids is 3. The molecule has 0 amide bonds. The number of rotatable bonds is 8. The Labute approximate surface area is 238 Å². The van der Waals surface area contributed by atoms with E-state index in [0.717, 1.165) is 50.0 Å². The van der Waals surface area contributed by atoms with Crippen LogP contribution < -0.4 is 0 Å². The van der Waals surface area contributed by atoms with Crippen LogP contribution in [0.4, 0.5) is 0 Å². The van der Waals surface area contributed by atoms with E-state index in [9.17, 15) is 24.6 Å². The molecule has 4 aliphatic carbocycles. The van der Waals surface area contributed by atoms with Gasteiger partial charge in [0, 0.05) is 18.4 Å². The Morgan fingerprint density at radius 2 is 1.85 bits per heavy atom. The van der Waals surface area contributed by atoms with Gasteiger partial charge in [-0.2, -0.15) is 0 Å². The first-order valence-electron chi connectivity index (χ1n) is 15.1. The van der Waals surface area contributed by atoms with Gasteiger partial charge in [0.2, 0.25) is 5.78 Å². The van der Waals surface area contributed by atoms with E-state index >= 15 is 0 Å². The molecule has 0 bridgehead atoms. The van der Waals surface area contributed by atoms with E-state index in [2.05, 4.69) is 25.7 Å². The van der Waals surface area contributed by atoms with Gasteiger partial charge in [0.05, 0.1) is 11.7 Å². The number of fused-ring (bicyclic) bond motifs is 5.